The number of Topliss-reactive ketones (excluding diaryl/α,β-unsaturated/α-hetero) is 1. The molecule has 0 bridgehead atoms. The molecule has 1 aliphatic carbocycles. The van der Waals surface area contributed by atoms with Gasteiger partial charge >= 0.3 is 12.1 Å². The van der Waals surface area contributed by atoms with E-state index < -0.39 is 58.8 Å². The lowest BCUT2D eigenvalue weighted by Crippen LogP contribution is -2.60. The number of ketones is 1. The molecule has 1 saturated heterocycles. The van der Waals surface area contributed by atoms with E-state index in [-0.39, 0.29) is 23.7 Å². The first-order chi connectivity index (χ1) is 16.3. The van der Waals surface area contributed by atoms with E-state index >= 15 is 0 Å². The van der Waals surface area contributed by atoms with Gasteiger partial charge in [0.15, 0.2) is 0 Å². The van der Waals surface area contributed by atoms with E-state index in [1.54, 1.807) is 20.8 Å². The predicted molar refractivity (Wildman–Crippen MR) is 133 cm³/mol. The molecule has 1 unspecified atom stereocenters. The van der Waals surface area contributed by atoms with Crippen molar-refractivity contribution in [3.63, 3.8) is 0 Å². The Kier molecular flexibility index (Phi) is 8.53. The average Bonchev–Trinajstić information content (AvgIpc) is 3.07. The lowest BCUT2D eigenvalue weighted by atomic mass is 9.85. The van der Waals surface area contributed by atoms with Crippen molar-refractivity contribution in [2.45, 2.75) is 105 Å². The Morgan fingerprint density at radius 3 is 2.11 bits per heavy atom. The number of hydrogen-bond donors (Lipinski definition) is 3. The fourth-order valence-corrected chi connectivity index (χ4v) is 5.14. The van der Waals surface area contributed by atoms with Crippen LogP contribution < -0.4 is 10.6 Å². The third-order valence-corrected chi connectivity index (χ3v) is 7.22. The van der Waals surface area contributed by atoms with Crippen LogP contribution in [0.25, 0.3) is 0 Å². The Morgan fingerprint density at radius 1 is 1.06 bits per heavy atom. The smallest absolute Gasteiger partial charge is 0.408 e. The highest BCUT2D eigenvalue weighted by molar-refractivity contribution is 6.35. The fourth-order valence-electron chi connectivity index (χ4n) is 5.14. The second kappa shape index (κ2) is 10.4. The summed E-state index contributed by atoms with van der Waals surface area (Å²) in [5.74, 6) is -3.67. The maximum Gasteiger partial charge on any atom is 0.408 e. The molecule has 2 fully saturated rings. The van der Waals surface area contributed by atoms with E-state index in [4.69, 9.17) is 4.74 Å². The maximum absolute atomic E-state index is 13.8. The molecule has 3 N–H and O–H groups in total. The van der Waals surface area contributed by atoms with E-state index in [0.717, 1.165) is 6.42 Å². The minimum atomic E-state index is -1.60. The molecular formula is C26H43N3O7. The van der Waals surface area contributed by atoms with Crippen LogP contribution in [0.15, 0.2) is 0 Å². The summed E-state index contributed by atoms with van der Waals surface area (Å²) < 4.78 is 5.36. The summed E-state index contributed by atoms with van der Waals surface area (Å²) in [7, 11) is 0. The lowest BCUT2D eigenvalue weighted by molar-refractivity contribution is -0.151. The monoisotopic (exact) mass is 509 g/mol. The molecule has 0 radical (unpaired) electrons. The molecule has 204 valence electrons. The second-order valence-corrected chi connectivity index (χ2v) is 12.7. The van der Waals surface area contributed by atoms with E-state index in [9.17, 15) is 29.1 Å². The highest BCUT2D eigenvalue weighted by Gasteiger charge is 2.69. The number of carbonyl (C=O) groups is 5. The number of fused-ring (bicyclic) bond motifs is 1. The molecule has 0 aromatic heterocycles. The molecule has 1 heterocycles. The maximum atomic E-state index is 13.8. The minimum absolute atomic E-state index is 0.0867. The van der Waals surface area contributed by atoms with E-state index in [1.165, 1.54) is 4.90 Å². The summed E-state index contributed by atoms with van der Waals surface area (Å²) in [5, 5.41) is 14.5. The van der Waals surface area contributed by atoms with Gasteiger partial charge in [0.25, 0.3) is 5.78 Å². The number of nitrogens with one attached hydrogen (secondary N) is 2. The largest absolute Gasteiger partial charge is 0.475 e. The van der Waals surface area contributed by atoms with Gasteiger partial charge in [-0.3, -0.25) is 14.4 Å². The van der Waals surface area contributed by atoms with Crippen molar-refractivity contribution >= 4 is 29.7 Å². The van der Waals surface area contributed by atoms with Gasteiger partial charge in [0, 0.05) is 6.54 Å². The van der Waals surface area contributed by atoms with Crippen LogP contribution >= 0.6 is 0 Å². The van der Waals surface area contributed by atoms with Gasteiger partial charge < -0.3 is 25.4 Å². The molecule has 0 spiro atoms. The third kappa shape index (κ3) is 6.56. The summed E-state index contributed by atoms with van der Waals surface area (Å²) in [6.45, 7) is 16.9. The zero-order chi connectivity index (χ0) is 27.8. The number of alkyl carbamates (subject to hydrolysis) is 1. The van der Waals surface area contributed by atoms with Gasteiger partial charge in [0.2, 0.25) is 11.8 Å². The number of carboxylic acids is 1. The highest BCUT2D eigenvalue weighted by Crippen LogP contribution is 2.65. The normalized spacial score (nSPS) is 24.2. The quantitative estimate of drug-likeness (QED) is 0.406. The van der Waals surface area contributed by atoms with E-state index in [1.807, 2.05) is 41.5 Å². The van der Waals surface area contributed by atoms with Crippen LogP contribution in [0.1, 0.15) is 81.6 Å². The van der Waals surface area contributed by atoms with Crippen molar-refractivity contribution in [2.24, 2.45) is 22.7 Å². The molecule has 1 saturated carbocycles. The number of likely N-dealkylation sites (tertiary alicyclic amines) is 1. The van der Waals surface area contributed by atoms with Crippen LogP contribution in [0, 0.1) is 22.7 Å². The lowest BCUT2D eigenvalue weighted by Gasteiger charge is -2.38. The van der Waals surface area contributed by atoms with Crippen LogP contribution in [0.5, 0.6) is 0 Å². The minimum Gasteiger partial charge on any atom is -0.475 e. The zero-order valence-corrected chi connectivity index (χ0v) is 23.1. The third-order valence-electron chi connectivity index (χ3n) is 7.22. The van der Waals surface area contributed by atoms with Crippen molar-refractivity contribution in [3.8, 4) is 0 Å². The molecule has 0 aromatic carbocycles. The predicted octanol–water partition coefficient (Wildman–Crippen LogP) is 2.74. The number of nitrogens with zero attached hydrogens (tertiary/aromatic N) is 1. The van der Waals surface area contributed by atoms with Gasteiger partial charge in [0.05, 0.1) is 6.04 Å². The van der Waals surface area contributed by atoms with Crippen LogP contribution in [0.3, 0.4) is 0 Å². The van der Waals surface area contributed by atoms with E-state index in [2.05, 4.69) is 10.6 Å². The second-order valence-electron chi connectivity index (χ2n) is 12.7. The molecule has 10 heteroatoms. The van der Waals surface area contributed by atoms with Crippen LogP contribution in [0.2, 0.25) is 0 Å². The molecule has 2 rings (SSSR count). The van der Waals surface area contributed by atoms with Gasteiger partial charge in [-0.25, -0.2) is 9.59 Å². The van der Waals surface area contributed by atoms with Crippen molar-refractivity contribution in [1.82, 2.24) is 15.5 Å². The molecule has 0 aromatic rings. The molecule has 1 aliphatic heterocycles. The van der Waals surface area contributed by atoms with Gasteiger partial charge in [-0.1, -0.05) is 54.4 Å². The Bertz CT molecular complexity index is 900. The highest BCUT2D eigenvalue weighted by atomic mass is 16.6. The number of carbonyl (C=O) groups excluding carboxylic acids is 4. The summed E-state index contributed by atoms with van der Waals surface area (Å²) in [6.07, 6.45) is 0.777. The van der Waals surface area contributed by atoms with E-state index in [0.29, 0.717) is 13.0 Å². The first-order valence-electron chi connectivity index (χ1n) is 12.7. The van der Waals surface area contributed by atoms with Crippen LogP contribution in [0.4, 0.5) is 4.79 Å². The van der Waals surface area contributed by atoms with Gasteiger partial charge in [-0.2, -0.15) is 0 Å². The number of aliphatic carboxylic acids is 1. The molecule has 5 atom stereocenters. The standard InChI is InChI=1S/C26H43N3O7/c1-10-11-12-15(18(30)22(33)34)27-20(31)17-16-14(26(16,8)9)13-29(17)21(32)19(24(2,3)4)28-23(35)36-25(5,6)7/h14-17,19H,10-13H2,1-9H3,(H,27,31)(H,28,35)(H,33,34)/t14-,15?,16-,17-,19+/m0/s1. The summed E-state index contributed by atoms with van der Waals surface area (Å²) >= 11 is 0. The van der Waals surface area contributed by atoms with Crippen molar-refractivity contribution in [2.75, 3.05) is 6.54 Å². The molecular weight excluding hydrogens is 466 g/mol. The van der Waals surface area contributed by atoms with Crippen molar-refractivity contribution < 1.29 is 33.8 Å². The molecule has 3 amide bonds. The number of rotatable bonds is 9. The Morgan fingerprint density at radius 2 is 1.64 bits per heavy atom. The number of hydrogen-bond acceptors (Lipinski definition) is 6. The summed E-state index contributed by atoms with van der Waals surface area (Å²) in [6, 6.07) is -2.99. The molecule has 36 heavy (non-hydrogen) atoms. The van der Waals surface area contributed by atoms with Crippen molar-refractivity contribution in [1.29, 1.82) is 0 Å². The summed E-state index contributed by atoms with van der Waals surface area (Å²) in [5.41, 5.74) is -1.61. The number of ether oxygens (including phenoxy) is 1. The number of unbranched alkanes of at least 4 members (excludes halogenated alkanes) is 1. The topological polar surface area (TPSA) is 142 Å². The van der Waals surface area contributed by atoms with Gasteiger partial charge in [-0.15, -0.1) is 0 Å². The summed E-state index contributed by atoms with van der Waals surface area (Å²) in [4.78, 5) is 64.9. The first kappa shape index (κ1) is 29.6. The molecule has 2 aliphatic rings. The average molecular weight is 510 g/mol. The Balaban J connectivity index is 2.31. The van der Waals surface area contributed by atoms with Gasteiger partial charge in [-0.05, 0) is 49.9 Å². The van der Waals surface area contributed by atoms with Crippen LogP contribution in [-0.4, -0.2) is 69.9 Å². The first-order valence-corrected chi connectivity index (χ1v) is 12.7. The zero-order valence-electron chi connectivity index (χ0n) is 23.1. The fraction of sp³-hybridized carbons (Fsp3) is 0.808. The SMILES string of the molecule is CCCCC(NC(=O)[C@@H]1[C@@H]2[C@H](CN1C(=O)[C@@H](NC(=O)OC(C)(C)C)C(C)(C)C)C2(C)C)C(=O)C(=O)O. The van der Waals surface area contributed by atoms with Gasteiger partial charge in [0.1, 0.15) is 17.7 Å². The Hall–Kier alpha value is -2.65. The Labute approximate surface area is 213 Å². The number of piperidine rings is 1. The van der Waals surface area contributed by atoms with Crippen molar-refractivity contribution in [3.05, 3.63) is 0 Å². The molecule has 10 nitrogen and oxygen atoms in total. The number of carboxylic acid groups (broad SMARTS) is 1. The number of amides is 3. The van der Waals surface area contributed by atoms with Crippen LogP contribution in [-0.2, 0) is 23.9 Å².